The second-order valence-corrected chi connectivity index (χ2v) is 17.9. The number of hydrogen-bond acceptors (Lipinski definition) is 6. The minimum absolute atomic E-state index is 0.223. The van der Waals surface area contributed by atoms with Crippen LogP contribution in [-0.2, 0) is 0 Å². The summed E-state index contributed by atoms with van der Waals surface area (Å²) in [6.45, 7) is -0.223. The first kappa shape index (κ1) is 38.0. The Balaban J connectivity index is 0.996. The van der Waals surface area contributed by atoms with Crippen molar-refractivity contribution in [1.82, 2.24) is 0 Å². The Hall–Kier alpha value is -9.20. The van der Waals surface area contributed by atoms with E-state index in [0.717, 1.165) is 139 Å². The highest BCUT2D eigenvalue weighted by Crippen LogP contribution is 2.50. The molecule has 2 aliphatic heterocycles. The number of ether oxygens (including phenoxy) is 2. The van der Waals surface area contributed by atoms with Gasteiger partial charge in [0.25, 0.3) is 6.71 Å². The fraction of sp³-hybridized carbons (Fsp3) is 0. The van der Waals surface area contributed by atoms with Crippen molar-refractivity contribution in [3.05, 3.63) is 224 Å². The van der Waals surface area contributed by atoms with E-state index in [1.54, 1.807) is 0 Å². The highest BCUT2D eigenvalue weighted by atomic mass is 16.5. The van der Waals surface area contributed by atoms with Crippen LogP contribution in [0.15, 0.2) is 233 Å². The minimum atomic E-state index is -0.223. The van der Waals surface area contributed by atoms with Gasteiger partial charge >= 0.3 is 0 Å². The number of anilines is 6. The number of hydrogen-bond donors (Lipinski definition) is 0. The third kappa shape index (κ3) is 5.56. The molecule has 0 atom stereocenters. The molecule has 2 aromatic heterocycles. The first-order valence-electron chi connectivity index (χ1n) is 23.4. The van der Waals surface area contributed by atoms with E-state index >= 15 is 0 Å². The van der Waals surface area contributed by atoms with Crippen LogP contribution in [0.1, 0.15) is 0 Å². The molecule has 0 amide bonds. The Labute approximate surface area is 396 Å². The van der Waals surface area contributed by atoms with E-state index < -0.39 is 0 Å². The van der Waals surface area contributed by atoms with Crippen LogP contribution in [0.4, 0.5) is 34.1 Å². The van der Waals surface area contributed by atoms with Crippen molar-refractivity contribution in [3.8, 4) is 23.0 Å². The summed E-state index contributed by atoms with van der Waals surface area (Å²) in [7, 11) is 0. The quantitative estimate of drug-likeness (QED) is 0.155. The van der Waals surface area contributed by atoms with Crippen molar-refractivity contribution >= 4 is 123 Å². The largest absolute Gasteiger partial charge is 0.458 e. The molecule has 0 radical (unpaired) electrons. The smallest absolute Gasteiger partial charge is 0.262 e. The first-order valence-corrected chi connectivity index (χ1v) is 23.4. The lowest BCUT2D eigenvalue weighted by Crippen LogP contribution is -2.58. The number of para-hydroxylation sites is 4. The number of fused-ring (bicyclic) bond motifs is 14. The van der Waals surface area contributed by atoms with E-state index in [9.17, 15) is 0 Å². The zero-order valence-corrected chi connectivity index (χ0v) is 37.0. The predicted octanol–water partition coefficient (Wildman–Crippen LogP) is 15.5. The topological polar surface area (TPSA) is 51.2 Å². The van der Waals surface area contributed by atoms with E-state index in [2.05, 4.69) is 204 Å². The van der Waals surface area contributed by atoms with Crippen molar-refractivity contribution < 1.29 is 18.3 Å². The van der Waals surface area contributed by atoms with Crippen LogP contribution >= 0.6 is 0 Å². The zero-order chi connectivity index (χ0) is 45.2. The highest BCUT2D eigenvalue weighted by Gasteiger charge is 2.43. The summed E-state index contributed by atoms with van der Waals surface area (Å²) < 4.78 is 27.3. The van der Waals surface area contributed by atoms with Gasteiger partial charge in [-0.15, -0.1) is 0 Å². The van der Waals surface area contributed by atoms with Crippen LogP contribution in [0.2, 0.25) is 0 Å². The molecule has 69 heavy (non-hydrogen) atoms. The molecule has 6 nitrogen and oxygen atoms in total. The van der Waals surface area contributed by atoms with Crippen molar-refractivity contribution in [2.75, 3.05) is 9.80 Å². The molecular formula is C62H37BN2O4. The molecule has 0 saturated carbocycles. The summed E-state index contributed by atoms with van der Waals surface area (Å²) in [5, 5.41) is 8.63. The van der Waals surface area contributed by atoms with Crippen LogP contribution in [-0.4, -0.2) is 6.71 Å². The van der Waals surface area contributed by atoms with Crippen molar-refractivity contribution in [2.24, 2.45) is 0 Å². The number of furan rings is 2. The number of nitrogens with zero attached hydrogens (tertiary/aromatic N) is 2. The van der Waals surface area contributed by atoms with Crippen LogP contribution in [0.5, 0.6) is 23.0 Å². The fourth-order valence-corrected chi connectivity index (χ4v) is 11.4. The third-order valence-electron chi connectivity index (χ3n) is 14.1. The Morgan fingerprint density at radius 3 is 1.12 bits per heavy atom. The molecule has 0 saturated heterocycles. The number of rotatable bonds is 6. The molecule has 0 fully saturated rings. The Morgan fingerprint density at radius 2 is 0.652 bits per heavy atom. The van der Waals surface area contributed by atoms with Crippen molar-refractivity contribution in [3.63, 3.8) is 0 Å². The highest BCUT2D eigenvalue weighted by molar-refractivity contribution is 7.01. The molecule has 0 N–H and O–H groups in total. The molecule has 0 bridgehead atoms. The van der Waals surface area contributed by atoms with Gasteiger partial charge in [-0.1, -0.05) is 140 Å². The van der Waals surface area contributed by atoms with Crippen LogP contribution in [0.3, 0.4) is 0 Å². The summed E-state index contributed by atoms with van der Waals surface area (Å²) in [6, 6.07) is 78.7. The Kier molecular flexibility index (Phi) is 8.06. The Bertz CT molecular complexity index is 3970. The van der Waals surface area contributed by atoms with E-state index in [0.29, 0.717) is 0 Å². The number of benzene rings is 11. The van der Waals surface area contributed by atoms with Gasteiger partial charge in [-0.2, -0.15) is 0 Å². The second kappa shape index (κ2) is 14.7. The van der Waals surface area contributed by atoms with Crippen LogP contribution in [0, 0.1) is 0 Å². The Morgan fingerprint density at radius 1 is 0.275 bits per heavy atom. The maximum Gasteiger partial charge on any atom is 0.262 e. The van der Waals surface area contributed by atoms with E-state index in [1.807, 2.05) is 30.3 Å². The average Bonchev–Trinajstić information content (AvgIpc) is 3.99. The minimum Gasteiger partial charge on any atom is -0.458 e. The summed E-state index contributed by atoms with van der Waals surface area (Å²) in [6.07, 6.45) is 0. The molecule has 322 valence electrons. The lowest BCUT2D eigenvalue weighted by molar-refractivity contribution is 0.465. The zero-order valence-electron chi connectivity index (χ0n) is 37.0. The monoisotopic (exact) mass is 884 g/mol. The molecule has 7 heteroatoms. The average molecular weight is 885 g/mol. The van der Waals surface area contributed by atoms with Crippen molar-refractivity contribution in [1.29, 1.82) is 0 Å². The normalized spacial score (nSPS) is 12.6. The summed E-state index contributed by atoms with van der Waals surface area (Å²) in [4.78, 5) is 4.73. The molecule has 2 aliphatic rings. The molecular weight excluding hydrogens is 848 g/mol. The van der Waals surface area contributed by atoms with Crippen LogP contribution < -0.4 is 35.7 Å². The SMILES string of the molecule is c1ccc(N(c2cc3c(c4ccccc24)B2c4c(cccc4Oc4cc(N(c5ccccc5)c5cccc6oc7ccccc7c56)c5ccccc5c42)O3)c2cccc3oc4ccccc4c23)cc1. The third-order valence-corrected chi connectivity index (χ3v) is 14.1. The molecule has 15 rings (SSSR count). The van der Waals surface area contributed by atoms with E-state index in [4.69, 9.17) is 18.3 Å². The maximum absolute atomic E-state index is 7.17. The van der Waals surface area contributed by atoms with E-state index in [-0.39, 0.29) is 6.71 Å². The predicted molar refractivity (Wildman–Crippen MR) is 283 cm³/mol. The van der Waals surface area contributed by atoms with Gasteiger partial charge < -0.3 is 28.1 Å². The molecule has 11 aromatic carbocycles. The lowest BCUT2D eigenvalue weighted by Gasteiger charge is -2.37. The van der Waals surface area contributed by atoms with Crippen molar-refractivity contribution in [2.45, 2.75) is 0 Å². The fourth-order valence-electron chi connectivity index (χ4n) is 11.4. The lowest BCUT2D eigenvalue weighted by atomic mass is 9.33. The van der Waals surface area contributed by atoms with Gasteiger partial charge in [-0.05, 0) is 94.5 Å². The first-order chi connectivity index (χ1) is 34.2. The van der Waals surface area contributed by atoms with Gasteiger partial charge in [0.05, 0.1) is 33.5 Å². The molecule has 0 spiro atoms. The van der Waals surface area contributed by atoms with Gasteiger partial charge in [-0.3, -0.25) is 0 Å². The van der Waals surface area contributed by atoms with Gasteiger partial charge in [0.2, 0.25) is 0 Å². The molecule has 0 unspecified atom stereocenters. The second-order valence-electron chi connectivity index (χ2n) is 17.9. The summed E-state index contributed by atoms with van der Waals surface area (Å²) >= 11 is 0. The van der Waals surface area contributed by atoms with Gasteiger partial charge in [-0.25, -0.2) is 0 Å². The van der Waals surface area contributed by atoms with Gasteiger partial charge in [0, 0.05) is 50.5 Å². The summed E-state index contributed by atoms with van der Waals surface area (Å²) in [5.41, 5.74) is 12.7. The summed E-state index contributed by atoms with van der Waals surface area (Å²) in [5.74, 6) is 3.16. The van der Waals surface area contributed by atoms with E-state index in [1.165, 1.54) is 0 Å². The molecule has 0 aliphatic carbocycles. The van der Waals surface area contributed by atoms with Gasteiger partial charge in [0.15, 0.2) is 0 Å². The standard InChI is InChI=1S/C62H37BN2O4/c1-3-18-38(19-4-1)64(46-28-15-32-52-58(46)44-26-11-13-30-50(44)66-52)48-36-56-60(42-24-9-7-22-40(42)48)63-61-43-25-10-8-23-41(43)49(37-57(61)69-55-35-17-34-54(68-56)62(55)63)65(39-20-5-2-6-21-39)47-29-16-33-53-59(47)45-27-12-14-31-51(45)67-53/h1-37H. The molecule has 13 aromatic rings. The van der Waals surface area contributed by atoms with Gasteiger partial charge in [0.1, 0.15) is 45.3 Å². The van der Waals surface area contributed by atoms with Crippen LogP contribution in [0.25, 0.3) is 65.4 Å². The maximum atomic E-state index is 7.17. The molecule has 4 heterocycles.